The van der Waals surface area contributed by atoms with Crippen LogP contribution < -0.4 is 5.32 Å². The first-order valence-electron chi connectivity index (χ1n) is 15.1. The molecule has 0 radical (unpaired) electrons. The Labute approximate surface area is 220 Å². The largest absolute Gasteiger partial charge is 0.368 e. The molecule has 0 aromatic heterocycles. The molecule has 4 aliphatic rings. The second-order valence-electron chi connectivity index (χ2n) is 13.9. The molecule has 3 unspecified atom stereocenters. The topological polar surface area (TPSA) is 55.4 Å². The first-order valence-corrected chi connectivity index (χ1v) is 15.1. The molecule has 36 heavy (non-hydrogen) atoms. The van der Waals surface area contributed by atoms with Gasteiger partial charge in [0.15, 0.2) is 0 Å². The first kappa shape index (κ1) is 27.9. The van der Waals surface area contributed by atoms with Crippen LogP contribution in [0.25, 0.3) is 0 Å². The summed E-state index contributed by atoms with van der Waals surface area (Å²) in [5, 5.41) is 2.65. The number of carbonyl (C=O) groups is 2. The van der Waals surface area contributed by atoms with Gasteiger partial charge >= 0.3 is 0 Å². The van der Waals surface area contributed by atoms with Gasteiger partial charge in [-0.1, -0.05) is 65.5 Å². The van der Waals surface area contributed by atoms with Crippen molar-refractivity contribution in [3.05, 3.63) is 11.6 Å². The summed E-state index contributed by atoms with van der Waals surface area (Å²) in [5.41, 5.74) is 2.44. The smallest absolute Gasteiger partial charge is 0.246 e. The zero-order chi connectivity index (χ0) is 26.1. The van der Waals surface area contributed by atoms with Gasteiger partial charge in [-0.15, -0.1) is 0 Å². The van der Waals surface area contributed by atoms with Crippen molar-refractivity contribution in [3.8, 4) is 0 Å². The molecule has 4 rings (SSSR count). The highest BCUT2D eigenvalue weighted by atomic mass is 16.5. The second-order valence-corrected chi connectivity index (χ2v) is 13.9. The SMILES string of the molecule is CC(=O)CNC(=O)CO[C@H]1CC[C@@]2(C)C(=CCC3C2CC[C@@]2(C)C3CC[C@@H]2[C@H](C)CCCC(C)C)C1. The molecule has 8 atom stereocenters. The Morgan fingerprint density at radius 2 is 1.83 bits per heavy atom. The fourth-order valence-electron chi connectivity index (χ4n) is 9.26. The van der Waals surface area contributed by atoms with Gasteiger partial charge in [-0.05, 0) is 105 Å². The van der Waals surface area contributed by atoms with Crippen molar-refractivity contribution in [1.82, 2.24) is 5.32 Å². The van der Waals surface area contributed by atoms with Crippen LogP contribution in [0.2, 0.25) is 0 Å². The van der Waals surface area contributed by atoms with Gasteiger partial charge < -0.3 is 10.1 Å². The average molecular weight is 500 g/mol. The van der Waals surface area contributed by atoms with Crippen LogP contribution in [0.1, 0.15) is 112 Å². The van der Waals surface area contributed by atoms with Crippen LogP contribution in [-0.2, 0) is 14.3 Å². The fourth-order valence-corrected chi connectivity index (χ4v) is 9.26. The monoisotopic (exact) mass is 499 g/mol. The van der Waals surface area contributed by atoms with E-state index in [-0.39, 0.29) is 30.9 Å². The van der Waals surface area contributed by atoms with Gasteiger partial charge in [0.2, 0.25) is 5.91 Å². The number of carbonyl (C=O) groups excluding carboxylic acids is 2. The number of hydrogen-bond acceptors (Lipinski definition) is 3. The maximum absolute atomic E-state index is 12.0. The third kappa shape index (κ3) is 5.64. The summed E-state index contributed by atoms with van der Waals surface area (Å²) in [6, 6.07) is 0. The number of allylic oxidation sites excluding steroid dienone is 1. The lowest BCUT2D eigenvalue weighted by molar-refractivity contribution is -0.130. The predicted octanol–water partition coefficient (Wildman–Crippen LogP) is 7.12. The van der Waals surface area contributed by atoms with Crippen LogP contribution in [0, 0.1) is 46.3 Å². The molecule has 1 N–H and O–H groups in total. The van der Waals surface area contributed by atoms with Crippen LogP contribution in [-0.4, -0.2) is 30.9 Å². The van der Waals surface area contributed by atoms with Crippen LogP contribution >= 0.6 is 0 Å². The highest BCUT2D eigenvalue weighted by molar-refractivity contribution is 5.84. The predicted molar refractivity (Wildman–Crippen MR) is 146 cm³/mol. The van der Waals surface area contributed by atoms with Crippen LogP contribution in [0.5, 0.6) is 0 Å². The third-order valence-electron chi connectivity index (χ3n) is 11.2. The zero-order valence-electron chi connectivity index (χ0n) is 24.0. The summed E-state index contributed by atoms with van der Waals surface area (Å²) in [4.78, 5) is 23.1. The first-order chi connectivity index (χ1) is 17.0. The lowest BCUT2D eigenvalue weighted by Gasteiger charge is -2.58. The van der Waals surface area contributed by atoms with E-state index >= 15 is 0 Å². The van der Waals surface area contributed by atoms with E-state index < -0.39 is 0 Å². The molecule has 204 valence electrons. The molecule has 4 aliphatic carbocycles. The number of ketones is 1. The van der Waals surface area contributed by atoms with E-state index in [0.29, 0.717) is 10.8 Å². The van der Waals surface area contributed by atoms with E-state index in [0.717, 1.165) is 48.3 Å². The molecule has 1 amide bonds. The zero-order valence-corrected chi connectivity index (χ0v) is 24.0. The van der Waals surface area contributed by atoms with Crippen LogP contribution in [0.4, 0.5) is 0 Å². The molecule has 0 bridgehead atoms. The Bertz CT molecular complexity index is 833. The van der Waals surface area contributed by atoms with E-state index in [4.69, 9.17) is 4.74 Å². The minimum absolute atomic E-state index is 0.0311. The number of ether oxygens (including phenoxy) is 1. The molecular formula is C32H53NO3. The minimum atomic E-state index is -0.183. The van der Waals surface area contributed by atoms with Crippen LogP contribution in [0.15, 0.2) is 11.6 Å². The maximum Gasteiger partial charge on any atom is 0.246 e. The molecule has 0 saturated heterocycles. The molecular weight excluding hydrogens is 446 g/mol. The molecule has 0 aliphatic heterocycles. The van der Waals surface area contributed by atoms with Gasteiger partial charge in [-0.25, -0.2) is 0 Å². The Balaban J connectivity index is 1.37. The number of Topliss-reactive ketones (excluding diaryl/α,β-unsaturated/α-hetero) is 1. The second kappa shape index (κ2) is 11.3. The molecule has 0 aromatic rings. The molecule has 0 aromatic carbocycles. The molecule has 4 heteroatoms. The van der Waals surface area contributed by atoms with Crippen molar-refractivity contribution in [3.63, 3.8) is 0 Å². The van der Waals surface area contributed by atoms with Gasteiger partial charge in [-0.2, -0.15) is 0 Å². The summed E-state index contributed by atoms with van der Waals surface area (Å²) < 4.78 is 6.02. The van der Waals surface area contributed by atoms with Crippen molar-refractivity contribution >= 4 is 11.7 Å². The van der Waals surface area contributed by atoms with Crippen LogP contribution in [0.3, 0.4) is 0 Å². The standard InChI is InChI=1S/C32H53NO3/c1-21(2)8-7-9-22(3)27-12-13-28-26-11-10-24-18-25(36-20-30(35)33-19-23(4)34)14-16-31(24,5)29(26)15-17-32(27,28)6/h10,21-22,25-29H,7-9,11-20H2,1-6H3,(H,33,35)/t22-,25+,26?,27-,28?,29?,31+,32-/m1/s1. The molecule has 4 nitrogen and oxygen atoms in total. The number of rotatable bonds is 10. The average Bonchev–Trinajstić information content (AvgIpc) is 3.18. The normalized spacial score (nSPS) is 38.5. The Hall–Kier alpha value is -1.16. The molecule has 3 fully saturated rings. The lowest BCUT2D eigenvalue weighted by Crippen LogP contribution is -2.51. The summed E-state index contributed by atoms with van der Waals surface area (Å²) in [5.74, 6) is 4.93. The van der Waals surface area contributed by atoms with E-state index in [2.05, 4.69) is 46.0 Å². The van der Waals surface area contributed by atoms with Gasteiger partial charge in [0.1, 0.15) is 12.4 Å². The molecule has 0 heterocycles. The van der Waals surface area contributed by atoms with Crippen molar-refractivity contribution in [2.24, 2.45) is 46.3 Å². The fraction of sp³-hybridized carbons (Fsp3) is 0.875. The Kier molecular flexibility index (Phi) is 8.74. The van der Waals surface area contributed by atoms with E-state index in [1.165, 1.54) is 64.7 Å². The lowest BCUT2D eigenvalue weighted by atomic mass is 9.47. The molecule has 3 saturated carbocycles. The summed E-state index contributed by atoms with van der Waals surface area (Å²) in [7, 11) is 0. The summed E-state index contributed by atoms with van der Waals surface area (Å²) in [6.07, 6.45) is 17.0. The van der Waals surface area contributed by atoms with E-state index in [9.17, 15) is 9.59 Å². The Morgan fingerprint density at radius 1 is 1.06 bits per heavy atom. The van der Waals surface area contributed by atoms with Crippen molar-refractivity contribution < 1.29 is 14.3 Å². The highest BCUT2D eigenvalue weighted by Gasteiger charge is 2.59. The van der Waals surface area contributed by atoms with Gasteiger partial charge in [0, 0.05) is 0 Å². The highest BCUT2D eigenvalue weighted by Crippen LogP contribution is 2.67. The number of amides is 1. The maximum atomic E-state index is 12.0. The number of nitrogens with one attached hydrogen (secondary N) is 1. The minimum Gasteiger partial charge on any atom is -0.368 e. The summed E-state index contributed by atoms with van der Waals surface area (Å²) in [6.45, 7) is 14.1. The quantitative estimate of drug-likeness (QED) is 0.326. The van der Waals surface area contributed by atoms with Crippen molar-refractivity contribution in [2.75, 3.05) is 13.2 Å². The van der Waals surface area contributed by atoms with Gasteiger partial charge in [-0.3, -0.25) is 9.59 Å². The van der Waals surface area contributed by atoms with E-state index in [1.54, 1.807) is 5.57 Å². The Morgan fingerprint density at radius 3 is 2.56 bits per heavy atom. The van der Waals surface area contributed by atoms with Crippen molar-refractivity contribution in [2.45, 2.75) is 118 Å². The van der Waals surface area contributed by atoms with Gasteiger partial charge in [0.25, 0.3) is 0 Å². The number of hydrogen-bond donors (Lipinski definition) is 1. The summed E-state index contributed by atoms with van der Waals surface area (Å²) >= 11 is 0. The van der Waals surface area contributed by atoms with Gasteiger partial charge in [0.05, 0.1) is 12.6 Å². The number of fused-ring (bicyclic) bond motifs is 5. The molecule has 0 spiro atoms. The van der Waals surface area contributed by atoms with E-state index in [1.807, 2.05) is 0 Å². The van der Waals surface area contributed by atoms with Crippen molar-refractivity contribution in [1.29, 1.82) is 0 Å². The third-order valence-corrected chi connectivity index (χ3v) is 11.2.